The molecule has 92 valence electrons. The lowest BCUT2D eigenvalue weighted by Gasteiger charge is -2.18. The fourth-order valence-electron chi connectivity index (χ4n) is 1.01. The molecule has 0 fully saturated rings. The monoisotopic (exact) mass is 246 g/mol. The highest BCUT2D eigenvalue weighted by Crippen LogP contribution is 2.15. The van der Waals surface area contributed by atoms with Gasteiger partial charge in [0.25, 0.3) is 0 Å². The molecule has 16 heavy (non-hydrogen) atoms. The molecule has 0 aliphatic rings. The summed E-state index contributed by atoms with van der Waals surface area (Å²) in [5.41, 5.74) is 6.02. The van der Waals surface area contributed by atoms with Crippen LogP contribution in [0, 0.1) is 0 Å². The van der Waals surface area contributed by atoms with Gasteiger partial charge in [0, 0.05) is 6.20 Å². The van der Waals surface area contributed by atoms with Crippen LogP contribution in [0.5, 0.6) is 0 Å². The Morgan fingerprint density at radius 2 is 2.12 bits per heavy atom. The van der Waals surface area contributed by atoms with Gasteiger partial charge in [-0.3, -0.25) is 9.48 Å². The van der Waals surface area contributed by atoms with Crippen LogP contribution in [0.3, 0.4) is 0 Å². The lowest BCUT2D eigenvalue weighted by molar-refractivity contribution is -0.117. The molecular weight excluding hydrogens is 228 g/mol. The van der Waals surface area contributed by atoms with Gasteiger partial charge in [0.05, 0.1) is 23.5 Å². The summed E-state index contributed by atoms with van der Waals surface area (Å²) >= 11 is 0. The molecule has 0 bridgehead atoms. The van der Waals surface area contributed by atoms with E-state index in [4.69, 9.17) is 5.73 Å². The number of hydrogen-bond acceptors (Lipinski definition) is 3. The third kappa shape index (κ3) is 3.83. The molecule has 0 unspecified atom stereocenters. The third-order valence-electron chi connectivity index (χ3n) is 1.95. The van der Waals surface area contributed by atoms with Gasteiger partial charge in [-0.05, 0) is 27.7 Å². The van der Waals surface area contributed by atoms with Crippen LogP contribution >= 0.6 is 12.4 Å². The minimum Gasteiger partial charge on any atom is -0.322 e. The topological polar surface area (TPSA) is 72.9 Å². The summed E-state index contributed by atoms with van der Waals surface area (Å²) in [6.45, 7) is 7.76. The van der Waals surface area contributed by atoms with Crippen LogP contribution in [0.1, 0.15) is 27.7 Å². The third-order valence-corrected chi connectivity index (χ3v) is 1.95. The number of halogens is 1. The summed E-state index contributed by atoms with van der Waals surface area (Å²) in [5, 5.41) is 6.85. The van der Waals surface area contributed by atoms with Crippen LogP contribution < -0.4 is 11.1 Å². The number of aromatic nitrogens is 2. The van der Waals surface area contributed by atoms with Crippen molar-refractivity contribution in [3.05, 3.63) is 12.4 Å². The zero-order valence-electron chi connectivity index (χ0n) is 10.0. The van der Waals surface area contributed by atoms with E-state index in [2.05, 4.69) is 10.4 Å². The maximum atomic E-state index is 11.3. The van der Waals surface area contributed by atoms with Crippen LogP contribution in [0.2, 0.25) is 0 Å². The second kappa shape index (κ2) is 5.32. The van der Waals surface area contributed by atoms with Crippen LogP contribution in [0.25, 0.3) is 0 Å². The van der Waals surface area contributed by atoms with E-state index in [0.717, 1.165) is 0 Å². The normalized spacial score (nSPS) is 12.8. The van der Waals surface area contributed by atoms with Crippen molar-refractivity contribution in [2.24, 2.45) is 5.73 Å². The van der Waals surface area contributed by atoms with Gasteiger partial charge >= 0.3 is 0 Å². The first-order chi connectivity index (χ1) is 6.80. The lowest BCUT2D eigenvalue weighted by Crippen LogP contribution is -2.32. The molecule has 6 heteroatoms. The molecular formula is C10H19ClN4O. The number of carbonyl (C=O) groups excluding carboxylic acids is 1. The molecule has 1 heterocycles. The van der Waals surface area contributed by atoms with E-state index in [1.165, 1.54) is 0 Å². The highest BCUT2D eigenvalue weighted by Gasteiger charge is 2.15. The predicted molar refractivity (Wildman–Crippen MR) is 66.8 cm³/mol. The molecule has 0 saturated heterocycles. The van der Waals surface area contributed by atoms with E-state index in [1.54, 1.807) is 24.0 Å². The first kappa shape index (κ1) is 14.9. The molecule has 0 aliphatic heterocycles. The average molecular weight is 247 g/mol. The molecule has 1 amide bonds. The molecule has 1 aromatic rings. The Kier molecular flexibility index (Phi) is 4.96. The van der Waals surface area contributed by atoms with Crippen molar-refractivity contribution < 1.29 is 4.79 Å². The summed E-state index contributed by atoms with van der Waals surface area (Å²) in [6, 6.07) is -0.511. The van der Waals surface area contributed by atoms with Crippen molar-refractivity contribution in [2.75, 3.05) is 5.32 Å². The summed E-state index contributed by atoms with van der Waals surface area (Å²) in [6.07, 6.45) is 3.41. The number of amides is 1. The second-order valence-electron chi connectivity index (χ2n) is 4.62. The van der Waals surface area contributed by atoms with Gasteiger partial charge in [-0.15, -0.1) is 12.4 Å². The van der Waals surface area contributed by atoms with Crippen LogP contribution in [0.15, 0.2) is 12.4 Å². The Balaban J connectivity index is 0.00000225. The van der Waals surface area contributed by atoms with E-state index in [-0.39, 0.29) is 23.9 Å². The summed E-state index contributed by atoms with van der Waals surface area (Å²) in [4.78, 5) is 11.3. The number of nitrogens with one attached hydrogen (secondary N) is 1. The van der Waals surface area contributed by atoms with Gasteiger partial charge in [-0.25, -0.2) is 0 Å². The molecule has 3 N–H and O–H groups in total. The number of nitrogens with two attached hydrogens (primary N) is 1. The Hall–Kier alpha value is -1.07. The largest absolute Gasteiger partial charge is 0.322 e. The zero-order valence-corrected chi connectivity index (χ0v) is 10.8. The van der Waals surface area contributed by atoms with Crippen molar-refractivity contribution in [1.82, 2.24) is 9.78 Å². The minimum atomic E-state index is -0.511. The Morgan fingerprint density at radius 3 is 2.50 bits per heavy atom. The average Bonchev–Trinajstić information content (AvgIpc) is 2.51. The number of nitrogens with zero attached hydrogens (tertiary/aromatic N) is 2. The highest BCUT2D eigenvalue weighted by molar-refractivity contribution is 5.94. The lowest BCUT2D eigenvalue weighted by atomic mass is 10.1. The maximum Gasteiger partial charge on any atom is 0.241 e. The molecule has 1 aromatic heterocycles. The molecule has 1 rings (SSSR count). The van der Waals surface area contributed by atoms with Gasteiger partial charge in [0.2, 0.25) is 5.91 Å². The van der Waals surface area contributed by atoms with E-state index in [9.17, 15) is 4.79 Å². The SMILES string of the molecule is C[C@H](N)C(=O)Nc1cnn(C(C)(C)C)c1.Cl. The van der Waals surface area contributed by atoms with E-state index < -0.39 is 6.04 Å². The van der Waals surface area contributed by atoms with Gasteiger partial charge in [0.15, 0.2) is 0 Å². The Morgan fingerprint density at radius 1 is 1.56 bits per heavy atom. The van der Waals surface area contributed by atoms with Crippen molar-refractivity contribution >= 4 is 24.0 Å². The van der Waals surface area contributed by atoms with Crippen molar-refractivity contribution in [2.45, 2.75) is 39.3 Å². The molecule has 0 spiro atoms. The van der Waals surface area contributed by atoms with E-state index in [1.807, 2.05) is 20.8 Å². The molecule has 1 atom stereocenters. The molecule has 0 radical (unpaired) electrons. The number of rotatable bonds is 2. The predicted octanol–water partition coefficient (Wildman–Crippen LogP) is 1.35. The van der Waals surface area contributed by atoms with Crippen LogP contribution in [-0.2, 0) is 10.3 Å². The number of hydrogen-bond donors (Lipinski definition) is 2. The van der Waals surface area contributed by atoms with Crippen molar-refractivity contribution in [1.29, 1.82) is 0 Å². The number of anilines is 1. The smallest absolute Gasteiger partial charge is 0.241 e. The van der Waals surface area contributed by atoms with Crippen LogP contribution in [-0.4, -0.2) is 21.7 Å². The van der Waals surface area contributed by atoms with Crippen molar-refractivity contribution in [3.63, 3.8) is 0 Å². The van der Waals surface area contributed by atoms with E-state index >= 15 is 0 Å². The maximum absolute atomic E-state index is 11.3. The van der Waals surface area contributed by atoms with E-state index in [0.29, 0.717) is 5.69 Å². The zero-order chi connectivity index (χ0) is 11.6. The van der Waals surface area contributed by atoms with Gasteiger partial charge in [0.1, 0.15) is 0 Å². The second-order valence-corrected chi connectivity index (χ2v) is 4.62. The molecule has 0 aromatic carbocycles. The standard InChI is InChI=1S/C10H18N4O.ClH/c1-7(11)9(15)13-8-5-12-14(6-8)10(2,3)4;/h5-7H,11H2,1-4H3,(H,13,15);1H/t7-;/m0./s1. The Bertz CT molecular complexity index is 354. The molecule has 0 saturated carbocycles. The molecule has 5 nitrogen and oxygen atoms in total. The first-order valence-corrected chi connectivity index (χ1v) is 4.92. The summed E-state index contributed by atoms with van der Waals surface area (Å²) < 4.78 is 1.80. The molecule has 0 aliphatic carbocycles. The Labute approximate surface area is 102 Å². The van der Waals surface area contributed by atoms with Crippen molar-refractivity contribution in [3.8, 4) is 0 Å². The highest BCUT2D eigenvalue weighted by atomic mass is 35.5. The number of carbonyl (C=O) groups is 1. The summed E-state index contributed by atoms with van der Waals surface area (Å²) in [7, 11) is 0. The quantitative estimate of drug-likeness (QED) is 0.827. The first-order valence-electron chi connectivity index (χ1n) is 4.92. The van der Waals surface area contributed by atoms with Crippen LogP contribution in [0.4, 0.5) is 5.69 Å². The summed E-state index contributed by atoms with van der Waals surface area (Å²) in [5.74, 6) is -0.205. The van der Waals surface area contributed by atoms with Gasteiger partial charge < -0.3 is 11.1 Å². The fraction of sp³-hybridized carbons (Fsp3) is 0.600. The van der Waals surface area contributed by atoms with Gasteiger partial charge in [-0.1, -0.05) is 0 Å². The van der Waals surface area contributed by atoms with Gasteiger partial charge in [-0.2, -0.15) is 5.10 Å². The fourth-order valence-corrected chi connectivity index (χ4v) is 1.01. The minimum absolute atomic E-state index is 0.